The van der Waals surface area contributed by atoms with E-state index in [9.17, 15) is 9.59 Å². The lowest BCUT2D eigenvalue weighted by Gasteiger charge is -2.13. The van der Waals surface area contributed by atoms with Gasteiger partial charge in [-0.15, -0.1) is 0 Å². The summed E-state index contributed by atoms with van der Waals surface area (Å²) in [6.07, 6.45) is 2.07. The van der Waals surface area contributed by atoms with E-state index in [4.69, 9.17) is 16.3 Å². The summed E-state index contributed by atoms with van der Waals surface area (Å²) in [4.78, 5) is 23.8. The molecule has 0 radical (unpaired) electrons. The van der Waals surface area contributed by atoms with Crippen LogP contribution in [0, 0.1) is 6.92 Å². The van der Waals surface area contributed by atoms with Crippen molar-refractivity contribution in [2.45, 2.75) is 26.5 Å². The number of carbonyl (C=O) groups is 2. The number of hydrogen-bond acceptors (Lipinski definition) is 3. The van der Waals surface area contributed by atoms with Crippen LogP contribution in [0.5, 0.6) is 0 Å². The molecule has 4 nitrogen and oxygen atoms in total. The first-order valence-electron chi connectivity index (χ1n) is 7.92. The average molecular weight is 358 g/mol. The number of carbonyl (C=O) groups excluding carboxylic acids is 2. The molecular formula is C20H20ClNO3. The average Bonchev–Trinajstić information content (AvgIpc) is 2.60. The zero-order chi connectivity index (χ0) is 18.2. The van der Waals surface area contributed by atoms with Crippen LogP contribution in [0.1, 0.15) is 23.6 Å². The monoisotopic (exact) mass is 357 g/mol. The van der Waals surface area contributed by atoms with E-state index in [1.165, 1.54) is 13.0 Å². The lowest BCUT2D eigenvalue weighted by atomic mass is 10.1. The van der Waals surface area contributed by atoms with Gasteiger partial charge < -0.3 is 10.1 Å². The third-order valence-corrected chi connectivity index (χ3v) is 3.93. The summed E-state index contributed by atoms with van der Waals surface area (Å²) in [7, 11) is 0. The molecule has 1 N–H and O–H groups in total. The summed E-state index contributed by atoms with van der Waals surface area (Å²) >= 11 is 6.03. The number of rotatable bonds is 6. The van der Waals surface area contributed by atoms with Crippen molar-refractivity contribution in [1.82, 2.24) is 5.32 Å². The molecule has 1 amide bonds. The third kappa shape index (κ3) is 6.08. The van der Waals surface area contributed by atoms with Gasteiger partial charge in [0.25, 0.3) is 5.91 Å². The second-order valence-corrected chi connectivity index (χ2v) is 6.04. The topological polar surface area (TPSA) is 55.4 Å². The minimum atomic E-state index is -0.891. The van der Waals surface area contributed by atoms with Gasteiger partial charge >= 0.3 is 5.97 Å². The number of esters is 1. The molecule has 5 heteroatoms. The third-order valence-electron chi connectivity index (χ3n) is 3.56. The summed E-state index contributed by atoms with van der Waals surface area (Å²) in [5.74, 6) is -0.946. The lowest BCUT2D eigenvalue weighted by molar-refractivity contribution is -0.150. The van der Waals surface area contributed by atoms with E-state index in [0.29, 0.717) is 5.02 Å². The lowest BCUT2D eigenvalue weighted by Crippen LogP contribution is -2.35. The minimum Gasteiger partial charge on any atom is -0.449 e. The highest BCUT2D eigenvalue weighted by Gasteiger charge is 2.16. The fraction of sp³-hybridized carbons (Fsp3) is 0.200. The van der Waals surface area contributed by atoms with Gasteiger partial charge in [-0.1, -0.05) is 59.6 Å². The molecule has 0 unspecified atom stereocenters. The van der Waals surface area contributed by atoms with Gasteiger partial charge in [0.2, 0.25) is 0 Å². The van der Waals surface area contributed by atoms with Crippen LogP contribution in [-0.4, -0.2) is 18.0 Å². The molecule has 1 atom stereocenters. The molecule has 0 spiro atoms. The summed E-state index contributed by atoms with van der Waals surface area (Å²) in [5.41, 5.74) is 2.83. The van der Waals surface area contributed by atoms with Gasteiger partial charge in [0, 0.05) is 17.6 Å². The normalized spacial score (nSPS) is 12.0. The molecule has 0 saturated heterocycles. The van der Waals surface area contributed by atoms with Gasteiger partial charge in [-0.3, -0.25) is 4.79 Å². The van der Waals surface area contributed by atoms with Crippen LogP contribution in [0.2, 0.25) is 5.02 Å². The van der Waals surface area contributed by atoms with Crippen molar-refractivity contribution in [2.75, 3.05) is 0 Å². The highest BCUT2D eigenvalue weighted by atomic mass is 35.5. The first-order valence-corrected chi connectivity index (χ1v) is 8.30. The Morgan fingerprint density at radius 1 is 1.16 bits per heavy atom. The maximum Gasteiger partial charge on any atom is 0.331 e. The summed E-state index contributed by atoms with van der Waals surface area (Å²) < 4.78 is 5.11. The van der Waals surface area contributed by atoms with Crippen LogP contribution in [0.4, 0.5) is 0 Å². The predicted molar refractivity (Wildman–Crippen MR) is 99.1 cm³/mol. The number of amides is 1. The number of nitrogens with one attached hydrogen (secondary N) is 1. The Morgan fingerprint density at radius 3 is 2.52 bits per heavy atom. The van der Waals surface area contributed by atoms with Crippen molar-refractivity contribution in [3.63, 3.8) is 0 Å². The fourth-order valence-electron chi connectivity index (χ4n) is 2.08. The maximum absolute atomic E-state index is 12.0. The Kier molecular flexibility index (Phi) is 6.78. The van der Waals surface area contributed by atoms with Crippen LogP contribution >= 0.6 is 11.6 Å². The first kappa shape index (κ1) is 18.7. The van der Waals surface area contributed by atoms with E-state index in [1.807, 2.05) is 49.4 Å². The number of benzene rings is 2. The first-order chi connectivity index (χ1) is 12.0. The van der Waals surface area contributed by atoms with Crippen LogP contribution in [0.15, 0.2) is 54.6 Å². The van der Waals surface area contributed by atoms with Crippen LogP contribution in [0.25, 0.3) is 6.08 Å². The molecule has 2 rings (SSSR count). The van der Waals surface area contributed by atoms with Gasteiger partial charge in [-0.2, -0.15) is 0 Å². The zero-order valence-corrected chi connectivity index (χ0v) is 14.9. The van der Waals surface area contributed by atoms with Gasteiger partial charge in [0.1, 0.15) is 0 Å². The van der Waals surface area contributed by atoms with Crippen molar-refractivity contribution < 1.29 is 14.3 Å². The van der Waals surface area contributed by atoms with E-state index in [2.05, 4.69) is 5.32 Å². The molecule has 0 heterocycles. The van der Waals surface area contributed by atoms with Crippen LogP contribution in [-0.2, 0) is 20.9 Å². The largest absolute Gasteiger partial charge is 0.449 e. The molecule has 2 aromatic carbocycles. The number of halogens is 1. The molecule has 130 valence electrons. The predicted octanol–water partition coefficient (Wildman–Crippen LogP) is 3.91. The molecule has 0 aliphatic rings. The summed E-state index contributed by atoms with van der Waals surface area (Å²) in [6.45, 7) is 3.80. The fourth-order valence-corrected chi connectivity index (χ4v) is 2.28. The molecule has 0 saturated carbocycles. The Labute approximate surface area is 152 Å². The Bertz CT molecular complexity index is 769. The molecule has 0 aromatic heterocycles. The highest BCUT2D eigenvalue weighted by molar-refractivity contribution is 6.31. The van der Waals surface area contributed by atoms with Crippen molar-refractivity contribution in [2.24, 2.45) is 0 Å². The molecule has 25 heavy (non-hydrogen) atoms. The second-order valence-electron chi connectivity index (χ2n) is 5.63. The Balaban J connectivity index is 1.82. The van der Waals surface area contributed by atoms with Crippen molar-refractivity contribution >= 4 is 29.6 Å². The van der Waals surface area contributed by atoms with Crippen molar-refractivity contribution in [3.8, 4) is 0 Å². The van der Waals surface area contributed by atoms with E-state index in [0.717, 1.165) is 16.7 Å². The molecule has 2 aromatic rings. The maximum atomic E-state index is 12.0. The molecule has 0 fully saturated rings. The smallest absolute Gasteiger partial charge is 0.331 e. The molecule has 0 aliphatic carbocycles. The molecule has 0 aliphatic heterocycles. The standard InChI is InChI=1S/C20H20ClNO3/c1-14-7-9-16(10-8-14)11-12-19(23)25-15(2)20(24)22-13-17-5-3-4-6-18(17)21/h3-12,15H,13H2,1-2H3,(H,22,24)/b12-11+/t15-/m0/s1. The van der Waals surface area contributed by atoms with Crippen LogP contribution in [0.3, 0.4) is 0 Å². The Hall–Kier alpha value is -2.59. The van der Waals surface area contributed by atoms with Crippen molar-refractivity contribution in [1.29, 1.82) is 0 Å². The SMILES string of the molecule is Cc1ccc(/C=C/C(=O)O[C@@H](C)C(=O)NCc2ccccc2Cl)cc1. The van der Waals surface area contributed by atoms with E-state index < -0.39 is 12.1 Å². The highest BCUT2D eigenvalue weighted by Crippen LogP contribution is 2.14. The van der Waals surface area contributed by atoms with Gasteiger partial charge in [-0.05, 0) is 37.1 Å². The number of ether oxygens (including phenoxy) is 1. The second kappa shape index (κ2) is 9.04. The number of aryl methyl sites for hydroxylation is 1. The zero-order valence-electron chi connectivity index (χ0n) is 14.2. The van der Waals surface area contributed by atoms with E-state index in [1.54, 1.807) is 12.1 Å². The van der Waals surface area contributed by atoms with Crippen molar-refractivity contribution in [3.05, 3.63) is 76.3 Å². The number of hydrogen-bond donors (Lipinski definition) is 1. The van der Waals surface area contributed by atoms with E-state index in [-0.39, 0.29) is 12.5 Å². The quantitative estimate of drug-likeness (QED) is 0.630. The van der Waals surface area contributed by atoms with Gasteiger partial charge in [0.05, 0.1) is 0 Å². The molecule has 0 bridgehead atoms. The Morgan fingerprint density at radius 2 is 1.84 bits per heavy atom. The summed E-state index contributed by atoms with van der Waals surface area (Å²) in [5, 5.41) is 3.28. The molecular weight excluding hydrogens is 338 g/mol. The summed E-state index contributed by atoms with van der Waals surface area (Å²) in [6, 6.07) is 14.9. The van der Waals surface area contributed by atoms with Gasteiger partial charge in [0.15, 0.2) is 6.10 Å². The minimum absolute atomic E-state index is 0.277. The van der Waals surface area contributed by atoms with E-state index >= 15 is 0 Å². The van der Waals surface area contributed by atoms with Crippen LogP contribution < -0.4 is 5.32 Å². The van der Waals surface area contributed by atoms with Gasteiger partial charge in [-0.25, -0.2) is 4.79 Å².